The molecule has 0 aliphatic carbocycles. The van der Waals surface area contributed by atoms with Crippen molar-refractivity contribution in [3.05, 3.63) is 88.1 Å². The summed E-state index contributed by atoms with van der Waals surface area (Å²) in [5, 5.41) is 2.72. The fraction of sp³-hybridized carbons (Fsp3) is 0.143. The number of rotatable bonds is 5. The number of ether oxygens (including phenoxy) is 1. The highest BCUT2D eigenvalue weighted by Gasteiger charge is 2.20. The van der Waals surface area contributed by atoms with Gasteiger partial charge in [-0.2, -0.15) is 0 Å². The van der Waals surface area contributed by atoms with Crippen LogP contribution >= 0.6 is 0 Å². The van der Waals surface area contributed by atoms with Crippen molar-refractivity contribution in [3.63, 3.8) is 0 Å². The van der Waals surface area contributed by atoms with Gasteiger partial charge < -0.3 is 10.1 Å². The minimum Gasteiger partial charge on any atom is -0.493 e. The number of anilines is 1. The lowest BCUT2D eigenvalue weighted by atomic mass is 10.2. The van der Waals surface area contributed by atoms with Crippen molar-refractivity contribution in [1.29, 1.82) is 0 Å². The van der Waals surface area contributed by atoms with Crippen molar-refractivity contribution in [2.75, 3.05) is 11.9 Å². The van der Waals surface area contributed by atoms with E-state index in [2.05, 4.69) is 5.32 Å². The first-order chi connectivity index (χ1) is 13.0. The Morgan fingerprint density at radius 2 is 1.74 bits per heavy atom. The molecular formula is C21H19FN2O3. The molecule has 0 saturated carbocycles. The summed E-state index contributed by atoms with van der Waals surface area (Å²) in [5.74, 6) is -0.774. The molecule has 1 heterocycles. The molecule has 0 bridgehead atoms. The first-order valence-corrected chi connectivity index (χ1v) is 8.52. The quantitative estimate of drug-likeness (QED) is 0.744. The third-order valence-corrected chi connectivity index (χ3v) is 4.00. The van der Waals surface area contributed by atoms with Crippen LogP contribution in [0.3, 0.4) is 0 Å². The van der Waals surface area contributed by atoms with E-state index in [4.69, 9.17) is 4.74 Å². The summed E-state index contributed by atoms with van der Waals surface area (Å²) < 4.78 is 19.9. The van der Waals surface area contributed by atoms with Gasteiger partial charge in [-0.1, -0.05) is 17.7 Å². The van der Waals surface area contributed by atoms with Crippen molar-refractivity contribution in [1.82, 2.24) is 4.57 Å². The third kappa shape index (κ3) is 4.06. The number of amides is 1. The summed E-state index contributed by atoms with van der Waals surface area (Å²) in [6.45, 7) is 4.02. The zero-order chi connectivity index (χ0) is 19.4. The molecular weight excluding hydrogens is 347 g/mol. The standard InChI is InChI=1S/C21H19FN2O3/c1-3-27-18-12-13-24(17-10-6-15(22)7-11-17)21(26)19(18)20(25)23-16-8-4-14(2)5-9-16/h4-13H,3H2,1-2H3,(H,23,25). The highest BCUT2D eigenvalue weighted by Crippen LogP contribution is 2.19. The third-order valence-electron chi connectivity index (χ3n) is 4.00. The summed E-state index contributed by atoms with van der Waals surface area (Å²) in [7, 11) is 0. The number of nitrogens with zero attached hydrogens (tertiary/aromatic N) is 1. The minimum atomic E-state index is -0.566. The fourth-order valence-corrected chi connectivity index (χ4v) is 2.64. The topological polar surface area (TPSA) is 60.3 Å². The Hall–Kier alpha value is -3.41. The normalized spacial score (nSPS) is 10.5. The Labute approximate surface area is 156 Å². The molecule has 0 aliphatic rings. The molecule has 3 rings (SSSR count). The number of pyridine rings is 1. The maximum absolute atomic E-state index is 13.2. The van der Waals surface area contributed by atoms with Gasteiger partial charge in [0.1, 0.15) is 17.1 Å². The van der Waals surface area contributed by atoms with Crippen LogP contribution in [-0.4, -0.2) is 17.1 Å². The molecule has 0 unspecified atom stereocenters. The molecule has 27 heavy (non-hydrogen) atoms. The molecule has 2 aromatic carbocycles. The van der Waals surface area contributed by atoms with Crippen LogP contribution in [0.1, 0.15) is 22.8 Å². The zero-order valence-corrected chi connectivity index (χ0v) is 15.0. The maximum Gasteiger partial charge on any atom is 0.271 e. The number of aryl methyl sites for hydroxylation is 1. The van der Waals surface area contributed by atoms with Gasteiger partial charge >= 0.3 is 0 Å². The van der Waals surface area contributed by atoms with E-state index in [0.717, 1.165) is 5.56 Å². The van der Waals surface area contributed by atoms with Crippen molar-refractivity contribution in [3.8, 4) is 11.4 Å². The summed E-state index contributed by atoms with van der Waals surface area (Å²) in [4.78, 5) is 25.8. The average Bonchev–Trinajstić information content (AvgIpc) is 2.65. The van der Waals surface area contributed by atoms with E-state index < -0.39 is 17.3 Å². The highest BCUT2D eigenvalue weighted by atomic mass is 19.1. The molecule has 6 heteroatoms. The molecule has 0 fully saturated rings. The summed E-state index contributed by atoms with van der Waals surface area (Å²) >= 11 is 0. The molecule has 0 atom stereocenters. The van der Waals surface area contributed by atoms with E-state index in [0.29, 0.717) is 18.0 Å². The SMILES string of the molecule is CCOc1ccn(-c2ccc(F)cc2)c(=O)c1C(=O)Nc1ccc(C)cc1. The number of hydrogen-bond donors (Lipinski definition) is 1. The van der Waals surface area contributed by atoms with Crippen LogP contribution in [0.5, 0.6) is 5.75 Å². The Balaban J connectivity index is 2.04. The zero-order valence-electron chi connectivity index (χ0n) is 15.0. The van der Waals surface area contributed by atoms with Gasteiger partial charge in [0.25, 0.3) is 11.5 Å². The molecule has 138 valence electrons. The number of nitrogens with one attached hydrogen (secondary N) is 1. The van der Waals surface area contributed by atoms with E-state index in [9.17, 15) is 14.0 Å². The van der Waals surface area contributed by atoms with E-state index in [1.54, 1.807) is 25.1 Å². The summed E-state index contributed by atoms with van der Waals surface area (Å²) in [6.07, 6.45) is 1.50. The first kappa shape index (κ1) is 18.4. The molecule has 5 nitrogen and oxygen atoms in total. The molecule has 0 aliphatic heterocycles. The number of benzene rings is 2. The lowest BCUT2D eigenvalue weighted by Gasteiger charge is -2.13. The number of halogens is 1. The first-order valence-electron chi connectivity index (χ1n) is 8.52. The lowest BCUT2D eigenvalue weighted by Crippen LogP contribution is -2.29. The second-order valence-corrected chi connectivity index (χ2v) is 5.96. The van der Waals surface area contributed by atoms with Crippen LogP contribution in [0.15, 0.2) is 65.6 Å². The maximum atomic E-state index is 13.2. The fourth-order valence-electron chi connectivity index (χ4n) is 2.64. The van der Waals surface area contributed by atoms with Crippen LogP contribution in [0.25, 0.3) is 5.69 Å². The number of carbonyl (C=O) groups is 1. The molecule has 0 saturated heterocycles. The Bertz CT molecular complexity index is 1010. The second-order valence-electron chi connectivity index (χ2n) is 5.96. The summed E-state index contributed by atoms with van der Waals surface area (Å²) in [5.41, 5.74) is 1.43. The monoisotopic (exact) mass is 366 g/mol. The van der Waals surface area contributed by atoms with E-state index >= 15 is 0 Å². The number of hydrogen-bond acceptors (Lipinski definition) is 3. The predicted octanol–water partition coefficient (Wildman–Crippen LogP) is 3.94. The molecule has 1 amide bonds. The Morgan fingerprint density at radius 3 is 2.37 bits per heavy atom. The van der Waals surface area contributed by atoms with Gasteiger partial charge in [0.05, 0.1) is 6.61 Å². The smallest absolute Gasteiger partial charge is 0.271 e. The van der Waals surface area contributed by atoms with Crippen LogP contribution in [0, 0.1) is 12.7 Å². The van der Waals surface area contributed by atoms with E-state index in [1.165, 1.54) is 35.0 Å². The molecule has 1 aromatic heterocycles. The number of carbonyl (C=O) groups excluding carboxylic acids is 1. The van der Waals surface area contributed by atoms with Crippen LogP contribution < -0.4 is 15.6 Å². The lowest BCUT2D eigenvalue weighted by molar-refractivity contribution is 0.102. The molecule has 0 spiro atoms. The van der Waals surface area contributed by atoms with Crippen LogP contribution in [0.4, 0.5) is 10.1 Å². The van der Waals surface area contributed by atoms with Gasteiger partial charge in [0.15, 0.2) is 0 Å². The average molecular weight is 366 g/mol. The van der Waals surface area contributed by atoms with Crippen LogP contribution in [-0.2, 0) is 0 Å². The Morgan fingerprint density at radius 1 is 1.07 bits per heavy atom. The highest BCUT2D eigenvalue weighted by molar-refractivity contribution is 6.06. The molecule has 3 aromatic rings. The molecule has 0 radical (unpaired) electrons. The van der Waals surface area contributed by atoms with Gasteiger partial charge in [-0.15, -0.1) is 0 Å². The van der Waals surface area contributed by atoms with Crippen LogP contribution in [0.2, 0.25) is 0 Å². The van der Waals surface area contributed by atoms with Gasteiger partial charge in [-0.3, -0.25) is 14.2 Å². The van der Waals surface area contributed by atoms with Crippen molar-refractivity contribution < 1.29 is 13.9 Å². The predicted molar refractivity (Wildman–Crippen MR) is 102 cm³/mol. The van der Waals surface area contributed by atoms with Gasteiger partial charge in [0, 0.05) is 17.6 Å². The van der Waals surface area contributed by atoms with Gasteiger partial charge in [0.2, 0.25) is 0 Å². The van der Waals surface area contributed by atoms with Gasteiger partial charge in [-0.05, 0) is 56.3 Å². The van der Waals surface area contributed by atoms with Crippen molar-refractivity contribution in [2.45, 2.75) is 13.8 Å². The minimum absolute atomic E-state index is 0.107. The van der Waals surface area contributed by atoms with E-state index in [-0.39, 0.29) is 11.3 Å². The van der Waals surface area contributed by atoms with Crippen molar-refractivity contribution >= 4 is 11.6 Å². The largest absolute Gasteiger partial charge is 0.493 e. The summed E-state index contributed by atoms with van der Waals surface area (Å²) in [6, 6.07) is 14.2. The van der Waals surface area contributed by atoms with Crippen molar-refractivity contribution in [2.24, 2.45) is 0 Å². The number of aromatic nitrogens is 1. The second kappa shape index (κ2) is 7.86. The Kier molecular flexibility index (Phi) is 5.35. The molecule has 1 N–H and O–H groups in total. The van der Waals surface area contributed by atoms with E-state index in [1.807, 2.05) is 19.1 Å². The van der Waals surface area contributed by atoms with Gasteiger partial charge in [-0.25, -0.2) is 4.39 Å².